The number of benzene rings is 3. The van der Waals surface area contributed by atoms with Gasteiger partial charge >= 0.3 is 0 Å². The number of carbonyl (C=O) groups is 2. The third kappa shape index (κ3) is 2.99. The van der Waals surface area contributed by atoms with Crippen LogP contribution < -0.4 is 10.6 Å². The molecule has 0 heterocycles. The zero-order chi connectivity index (χ0) is 17.1. The van der Waals surface area contributed by atoms with Crippen LogP contribution >= 0.6 is 0 Å². The average Bonchev–Trinajstić information content (AvgIpc) is 2.60. The molecule has 0 aliphatic rings. The van der Waals surface area contributed by atoms with Gasteiger partial charge in [-0.3, -0.25) is 9.59 Å². The van der Waals surface area contributed by atoms with Crippen molar-refractivity contribution in [2.75, 3.05) is 7.05 Å². The minimum atomic E-state index is -0.331. The summed E-state index contributed by atoms with van der Waals surface area (Å²) in [6.45, 7) is 1.38. The molecule has 4 heteroatoms. The summed E-state index contributed by atoms with van der Waals surface area (Å²) in [7, 11) is 1.54. The largest absolute Gasteiger partial charge is 0.354 e. The smallest absolute Gasteiger partial charge is 0.267 e. The first-order valence-corrected chi connectivity index (χ1v) is 7.72. The molecule has 0 aromatic heterocycles. The van der Waals surface area contributed by atoms with Crippen LogP contribution in [-0.2, 0) is 9.59 Å². The molecule has 0 unspecified atom stereocenters. The molecule has 3 aromatic carbocycles. The van der Waals surface area contributed by atoms with Gasteiger partial charge in [0.15, 0.2) is 0 Å². The van der Waals surface area contributed by atoms with Crippen molar-refractivity contribution in [2.24, 2.45) is 0 Å². The van der Waals surface area contributed by atoms with Crippen molar-refractivity contribution in [3.63, 3.8) is 0 Å². The van der Waals surface area contributed by atoms with Gasteiger partial charge in [0.1, 0.15) is 5.70 Å². The first-order valence-electron chi connectivity index (χ1n) is 7.72. The van der Waals surface area contributed by atoms with Crippen LogP contribution in [0.4, 0.5) is 0 Å². The third-order valence-corrected chi connectivity index (χ3v) is 3.88. The summed E-state index contributed by atoms with van der Waals surface area (Å²) in [6.07, 6.45) is 1.72. The highest BCUT2D eigenvalue weighted by atomic mass is 16.2. The molecule has 3 aromatic rings. The molecule has 24 heavy (non-hydrogen) atoms. The lowest BCUT2D eigenvalue weighted by molar-refractivity contribution is -0.122. The Morgan fingerprint density at radius 3 is 2.21 bits per heavy atom. The molecule has 0 saturated heterocycles. The maximum absolute atomic E-state index is 12.1. The van der Waals surface area contributed by atoms with Gasteiger partial charge in [0.25, 0.3) is 5.91 Å². The summed E-state index contributed by atoms with van der Waals surface area (Å²) in [5.74, 6) is -0.614. The normalized spacial score (nSPS) is 11.5. The van der Waals surface area contributed by atoms with Crippen LogP contribution in [0.5, 0.6) is 0 Å². The molecule has 0 atom stereocenters. The van der Waals surface area contributed by atoms with Crippen molar-refractivity contribution in [2.45, 2.75) is 6.92 Å². The quantitative estimate of drug-likeness (QED) is 0.575. The zero-order valence-electron chi connectivity index (χ0n) is 13.6. The Morgan fingerprint density at radius 2 is 1.54 bits per heavy atom. The zero-order valence-corrected chi connectivity index (χ0v) is 13.6. The van der Waals surface area contributed by atoms with E-state index in [9.17, 15) is 9.59 Å². The summed E-state index contributed by atoms with van der Waals surface area (Å²) in [5, 5.41) is 9.54. The number of carbonyl (C=O) groups excluding carboxylic acids is 2. The molecular weight excluding hydrogens is 300 g/mol. The van der Waals surface area contributed by atoms with Gasteiger partial charge in [0.2, 0.25) is 5.91 Å². The molecule has 0 aliphatic carbocycles. The van der Waals surface area contributed by atoms with Gasteiger partial charge in [0, 0.05) is 14.0 Å². The topological polar surface area (TPSA) is 58.2 Å². The number of hydrogen-bond donors (Lipinski definition) is 2. The summed E-state index contributed by atoms with van der Waals surface area (Å²) in [6, 6.07) is 18.2. The monoisotopic (exact) mass is 318 g/mol. The van der Waals surface area contributed by atoms with Gasteiger partial charge in [-0.05, 0) is 39.3 Å². The van der Waals surface area contributed by atoms with E-state index in [0.29, 0.717) is 0 Å². The summed E-state index contributed by atoms with van der Waals surface area (Å²) < 4.78 is 0. The second-order valence-electron chi connectivity index (χ2n) is 5.55. The Balaban J connectivity index is 2.28. The Morgan fingerprint density at radius 1 is 0.917 bits per heavy atom. The van der Waals surface area contributed by atoms with Gasteiger partial charge in [-0.25, -0.2) is 0 Å². The number of rotatable bonds is 3. The van der Waals surface area contributed by atoms with Crippen molar-refractivity contribution in [3.05, 3.63) is 65.9 Å². The highest BCUT2D eigenvalue weighted by molar-refractivity contribution is 6.12. The molecular formula is C20H18N2O2. The molecule has 3 rings (SSSR count). The Kier molecular flexibility index (Phi) is 4.29. The average molecular weight is 318 g/mol. The minimum absolute atomic E-state index is 0.227. The van der Waals surface area contributed by atoms with E-state index in [-0.39, 0.29) is 17.5 Å². The van der Waals surface area contributed by atoms with Crippen LogP contribution in [0.25, 0.3) is 27.6 Å². The molecule has 120 valence electrons. The van der Waals surface area contributed by atoms with Crippen LogP contribution in [-0.4, -0.2) is 18.9 Å². The van der Waals surface area contributed by atoms with Gasteiger partial charge < -0.3 is 10.6 Å². The molecule has 0 saturated carbocycles. The Labute approximate surface area is 140 Å². The van der Waals surface area contributed by atoms with E-state index in [2.05, 4.69) is 22.8 Å². The second-order valence-corrected chi connectivity index (χ2v) is 5.55. The van der Waals surface area contributed by atoms with Crippen LogP contribution in [0.1, 0.15) is 12.5 Å². The number of amides is 2. The standard InChI is InChI=1S/C20H18N2O2/c1-13(23)22-19(20(24)21-2)12-15-11-14-7-3-4-8-16(14)18-10-6-5-9-17(15)18/h3-12H,1-2H3,(H,21,24)(H,22,23)/b19-12-. The first kappa shape index (κ1) is 15.7. The van der Waals surface area contributed by atoms with Crippen molar-refractivity contribution in [1.82, 2.24) is 10.6 Å². The minimum Gasteiger partial charge on any atom is -0.354 e. The lowest BCUT2D eigenvalue weighted by Gasteiger charge is -2.11. The van der Waals surface area contributed by atoms with Gasteiger partial charge in [-0.15, -0.1) is 0 Å². The predicted molar refractivity (Wildman–Crippen MR) is 97.3 cm³/mol. The van der Waals surface area contributed by atoms with E-state index in [1.807, 2.05) is 42.5 Å². The van der Waals surface area contributed by atoms with Gasteiger partial charge in [-0.1, -0.05) is 48.5 Å². The van der Waals surface area contributed by atoms with Crippen LogP contribution in [0.15, 0.2) is 60.3 Å². The van der Waals surface area contributed by atoms with Gasteiger partial charge in [-0.2, -0.15) is 0 Å². The van der Waals surface area contributed by atoms with E-state index in [1.54, 1.807) is 6.08 Å². The number of hydrogen-bond acceptors (Lipinski definition) is 2. The Hall–Kier alpha value is -3.14. The van der Waals surface area contributed by atoms with E-state index < -0.39 is 0 Å². The fourth-order valence-electron chi connectivity index (χ4n) is 2.84. The van der Waals surface area contributed by atoms with E-state index in [4.69, 9.17) is 0 Å². The van der Waals surface area contributed by atoms with Gasteiger partial charge in [0.05, 0.1) is 0 Å². The van der Waals surface area contributed by atoms with E-state index in [1.165, 1.54) is 14.0 Å². The SMILES string of the molecule is CNC(=O)/C(=C/c1cc2ccccc2c2ccccc12)NC(C)=O. The number of likely N-dealkylation sites (N-methyl/N-ethyl adjacent to an activating group) is 1. The third-order valence-electron chi connectivity index (χ3n) is 3.88. The lowest BCUT2D eigenvalue weighted by atomic mass is 9.96. The van der Waals surface area contributed by atoms with Crippen LogP contribution in [0, 0.1) is 0 Å². The summed E-state index contributed by atoms with van der Waals surface area (Å²) >= 11 is 0. The van der Waals surface area contributed by atoms with E-state index in [0.717, 1.165) is 27.1 Å². The predicted octanol–water partition coefficient (Wildman–Crippen LogP) is 3.22. The van der Waals surface area contributed by atoms with Crippen molar-refractivity contribution >= 4 is 39.4 Å². The lowest BCUT2D eigenvalue weighted by Crippen LogP contribution is -2.31. The molecule has 0 aliphatic heterocycles. The molecule has 2 N–H and O–H groups in total. The summed E-state index contributed by atoms with van der Waals surface area (Å²) in [4.78, 5) is 23.5. The van der Waals surface area contributed by atoms with Crippen LogP contribution in [0.2, 0.25) is 0 Å². The molecule has 0 bridgehead atoms. The highest BCUT2D eigenvalue weighted by Crippen LogP contribution is 2.29. The molecule has 0 radical (unpaired) electrons. The molecule has 0 spiro atoms. The highest BCUT2D eigenvalue weighted by Gasteiger charge is 2.11. The van der Waals surface area contributed by atoms with Crippen molar-refractivity contribution in [1.29, 1.82) is 0 Å². The molecule has 4 nitrogen and oxygen atoms in total. The maximum Gasteiger partial charge on any atom is 0.267 e. The first-order chi connectivity index (χ1) is 11.6. The summed E-state index contributed by atoms with van der Waals surface area (Å²) in [5.41, 5.74) is 1.11. The van der Waals surface area contributed by atoms with Crippen molar-refractivity contribution < 1.29 is 9.59 Å². The Bertz CT molecular complexity index is 974. The van der Waals surface area contributed by atoms with E-state index >= 15 is 0 Å². The van der Waals surface area contributed by atoms with Crippen LogP contribution in [0.3, 0.4) is 0 Å². The number of fused-ring (bicyclic) bond motifs is 3. The number of nitrogens with one attached hydrogen (secondary N) is 2. The molecule has 2 amide bonds. The fraction of sp³-hybridized carbons (Fsp3) is 0.100. The molecule has 0 fully saturated rings. The van der Waals surface area contributed by atoms with Crippen molar-refractivity contribution in [3.8, 4) is 0 Å². The maximum atomic E-state index is 12.1. The second kappa shape index (κ2) is 6.54. The fourth-order valence-corrected chi connectivity index (χ4v) is 2.84.